The average molecular weight is 427 g/mol. The van der Waals surface area contributed by atoms with Gasteiger partial charge in [0, 0.05) is 0 Å². The number of halogens is 1. The van der Waals surface area contributed by atoms with Gasteiger partial charge >= 0.3 is 0 Å². The van der Waals surface area contributed by atoms with E-state index in [1.165, 1.54) is 25.1 Å². The highest BCUT2D eigenvalue weighted by Gasteiger charge is 2.31. The Labute approximate surface area is 176 Å². The number of amides is 1. The van der Waals surface area contributed by atoms with Crippen molar-refractivity contribution in [2.45, 2.75) is 19.0 Å². The van der Waals surface area contributed by atoms with Crippen LogP contribution in [0, 0.1) is 5.82 Å². The van der Waals surface area contributed by atoms with Crippen LogP contribution in [0.4, 0.5) is 10.1 Å². The predicted molar refractivity (Wildman–Crippen MR) is 116 cm³/mol. The van der Waals surface area contributed by atoms with Gasteiger partial charge in [-0.25, -0.2) is 12.8 Å². The summed E-state index contributed by atoms with van der Waals surface area (Å²) in [6, 6.07) is 22.4. The fourth-order valence-electron chi connectivity index (χ4n) is 3.33. The van der Waals surface area contributed by atoms with Crippen molar-refractivity contribution in [3.63, 3.8) is 0 Å². The lowest BCUT2D eigenvalue weighted by Gasteiger charge is -2.30. The molecule has 0 heterocycles. The Balaban J connectivity index is 1.94. The van der Waals surface area contributed by atoms with Crippen LogP contribution < -0.4 is 9.62 Å². The molecule has 0 aromatic heterocycles. The summed E-state index contributed by atoms with van der Waals surface area (Å²) in [5, 5.41) is 2.95. The maximum atomic E-state index is 13.7. The van der Waals surface area contributed by atoms with E-state index in [0.717, 1.165) is 27.8 Å². The molecule has 0 spiro atoms. The van der Waals surface area contributed by atoms with Crippen LogP contribution in [-0.2, 0) is 14.8 Å². The summed E-state index contributed by atoms with van der Waals surface area (Å²) >= 11 is 0. The molecule has 7 heteroatoms. The molecule has 0 aliphatic rings. The van der Waals surface area contributed by atoms with Gasteiger partial charge in [-0.3, -0.25) is 9.10 Å². The van der Waals surface area contributed by atoms with Crippen LogP contribution in [0.2, 0.25) is 0 Å². The van der Waals surface area contributed by atoms with Crippen molar-refractivity contribution >= 4 is 21.6 Å². The molecule has 0 radical (unpaired) electrons. The van der Waals surface area contributed by atoms with Crippen LogP contribution in [0.15, 0.2) is 84.9 Å². The number of benzene rings is 3. The molecule has 0 saturated carbocycles. The Bertz CT molecular complexity index is 1070. The molecule has 1 atom stereocenters. The normalized spacial score (nSPS) is 12.4. The lowest BCUT2D eigenvalue weighted by molar-refractivity contribution is -0.122. The molecule has 1 unspecified atom stereocenters. The SMILES string of the molecule is CC(C(=O)NC(c1ccccc1)c1ccccc1)N(c1cccc(F)c1)S(C)(=O)=O. The van der Waals surface area contributed by atoms with Gasteiger partial charge in [0.25, 0.3) is 0 Å². The number of carbonyl (C=O) groups excluding carboxylic acids is 1. The zero-order valence-corrected chi connectivity index (χ0v) is 17.5. The average Bonchev–Trinajstić information content (AvgIpc) is 2.72. The summed E-state index contributed by atoms with van der Waals surface area (Å²) in [6.45, 7) is 1.48. The zero-order valence-electron chi connectivity index (χ0n) is 16.7. The quantitative estimate of drug-likeness (QED) is 0.623. The van der Waals surface area contributed by atoms with E-state index >= 15 is 0 Å². The molecule has 0 bridgehead atoms. The number of rotatable bonds is 7. The first-order valence-electron chi connectivity index (χ1n) is 9.42. The number of nitrogens with one attached hydrogen (secondary N) is 1. The fourth-order valence-corrected chi connectivity index (χ4v) is 4.50. The summed E-state index contributed by atoms with van der Waals surface area (Å²) in [6.07, 6.45) is 0.994. The molecule has 0 saturated heterocycles. The molecule has 156 valence electrons. The minimum absolute atomic E-state index is 0.0936. The first-order valence-corrected chi connectivity index (χ1v) is 11.3. The smallest absolute Gasteiger partial charge is 0.244 e. The van der Waals surface area contributed by atoms with E-state index in [9.17, 15) is 17.6 Å². The first-order chi connectivity index (χ1) is 14.3. The van der Waals surface area contributed by atoms with Crippen molar-refractivity contribution in [1.82, 2.24) is 5.32 Å². The molecule has 0 aliphatic carbocycles. The van der Waals surface area contributed by atoms with Gasteiger partial charge in [-0.05, 0) is 36.2 Å². The molecule has 0 aliphatic heterocycles. The number of anilines is 1. The van der Waals surface area contributed by atoms with E-state index in [-0.39, 0.29) is 5.69 Å². The highest BCUT2D eigenvalue weighted by molar-refractivity contribution is 7.92. The second-order valence-electron chi connectivity index (χ2n) is 6.98. The number of hydrogen-bond donors (Lipinski definition) is 1. The molecule has 1 amide bonds. The van der Waals surface area contributed by atoms with Gasteiger partial charge in [0.15, 0.2) is 0 Å². The molecule has 5 nitrogen and oxygen atoms in total. The van der Waals surface area contributed by atoms with E-state index in [4.69, 9.17) is 0 Å². The van der Waals surface area contributed by atoms with Gasteiger partial charge in [-0.2, -0.15) is 0 Å². The van der Waals surface area contributed by atoms with Crippen molar-refractivity contribution < 1.29 is 17.6 Å². The van der Waals surface area contributed by atoms with E-state index in [0.29, 0.717) is 0 Å². The second-order valence-corrected chi connectivity index (χ2v) is 8.84. The van der Waals surface area contributed by atoms with Crippen LogP contribution in [0.25, 0.3) is 0 Å². The highest BCUT2D eigenvalue weighted by Crippen LogP contribution is 2.25. The van der Waals surface area contributed by atoms with Crippen LogP contribution in [0.3, 0.4) is 0 Å². The summed E-state index contributed by atoms with van der Waals surface area (Å²) in [5.74, 6) is -1.08. The van der Waals surface area contributed by atoms with Crippen LogP contribution >= 0.6 is 0 Å². The third kappa shape index (κ3) is 5.04. The zero-order chi connectivity index (χ0) is 21.7. The number of carbonyl (C=O) groups is 1. The summed E-state index contributed by atoms with van der Waals surface area (Å²) in [7, 11) is -3.84. The number of sulfonamides is 1. The van der Waals surface area contributed by atoms with Gasteiger partial charge in [0.05, 0.1) is 18.0 Å². The van der Waals surface area contributed by atoms with Crippen LogP contribution in [0.1, 0.15) is 24.1 Å². The fraction of sp³-hybridized carbons (Fsp3) is 0.174. The van der Waals surface area contributed by atoms with Crippen molar-refractivity contribution in [2.75, 3.05) is 10.6 Å². The standard InChI is InChI=1S/C23H23FN2O3S/c1-17(26(30(2,28)29)21-15-9-14-20(24)16-21)23(27)25-22(18-10-5-3-6-11-18)19-12-7-4-8-13-19/h3-17,22H,1-2H3,(H,25,27). The van der Waals surface area contributed by atoms with Gasteiger partial charge in [-0.1, -0.05) is 66.7 Å². The van der Waals surface area contributed by atoms with Crippen molar-refractivity contribution in [3.05, 3.63) is 102 Å². The monoisotopic (exact) mass is 426 g/mol. The lowest BCUT2D eigenvalue weighted by atomic mass is 9.98. The first kappa shape index (κ1) is 21.5. The summed E-state index contributed by atoms with van der Waals surface area (Å²) in [4.78, 5) is 13.1. The maximum Gasteiger partial charge on any atom is 0.244 e. The Morgan fingerprint density at radius 3 is 1.90 bits per heavy atom. The lowest BCUT2D eigenvalue weighted by Crippen LogP contribution is -2.48. The van der Waals surface area contributed by atoms with Gasteiger partial charge < -0.3 is 5.32 Å². The summed E-state index contributed by atoms with van der Waals surface area (Å²) in [5.41, 5.74) is 1.82. The molecule has 30 heavy (non-hydrogen) atoms. The van der Waals surface area contributed by atoms with Crippen LogP contribution in [0.5, 0.6) is 0 Å². The van der Waals surface area contributed by atoms with Gasteiger partial charge in [0.1, 0.15) is 11.9 Å². The molecular weight excluding hydrogens is 403 g/mol. The van der Waals surface area contributed by atoms with E-state index < -0.39 is 33.8 Å². The third-order valence-corrected chi connectivity index (χ3v) is 5.95. The topological polar surface area (TPSA) is 66.5 Å². The largest absolute Gasteiger partial charge is 0.343 e. The highest BCUT2D eigenvalue weighted by atomic mass is 32.2. The van der Waals surface area contributed by atoms with Crippen molar-refractivity contribution in [2.24, 2.45) is 0 Å². The van der Waals surface area contributed by atoms with Crippen LogP contribution in [-0.4, -0.2) is 26.6 Å². The van der Waals surface area contributed by atoms with Crippen molar-refractivity contribution in [3.8, 4) is 0 Å². The molecule has 1 N–H and O–H groups in total. The summed E-state index contributed by atoms with van der Waals surface area (Å²) < 4.78 is 39.5. The minimum atomic E-state index is -3.84. The molecule has 3 aromatic carbocycles. The number of nitrogens with zero attached hydrogens (tertiary/aromatic N) is 1. The third-order valence-electron chi connectivity index (χ3n) is 4.70. The molecule has 3 aromatic rings. The van der Waals surface area contributed by atoms with E-state index in [2.05, 4.69) is 5.32 Å². The Kier molecular flexibility index (Phi) is 6.52. The Hall–Kier alpha value is -3.19. The molecule has 0 fully saturated rings. The van der Waals surface area contributed by atoms with E-state index in [1.807, 2.05) is 60.7 Å². The van der Waals surface area contributed by atoms with Gasteiger partial charge in [-0.15, -0.1) is 0 Å². The van der Waals surface area contributed by atoms with E-state index in [1.54, 1.807) is 0 Å². The molecule has 3 rings (SSSR count). The Morgan fingerprint density at radius 1 is 0.900 bits per heavy atom. The Morgan fingerprint density at radius 2 is 1.43 bits per heavy atom. The predicted octanol–water partition coefficient (Wildman–Crippen LogP) is 3.89. The van der Waals surface area contributed by atoms with Gasteiger partial charge in [0.2, 0.25) is 15.9 Å². The minimum Gasteiger partial charge on any atom is -0.343 e. The molecular formula is C23H23FN2O3S. The number of hydrogen-bond acceptors (Lipinski definition) is 3. The maximum absolute atomic E-state index is 13.7. The second kappa shape index (κ2) is 9.09. The van der Waals surface area contributed by atoms with Crippen molar-refractivity contribution in [1.29, 1.82) is 0 Å².